The van der Waals surface area contributed by atoms with Gasteiger partial charge in [-0.3, -0.25) is 19.3 Å². The number of rotatable bonds is 4. The van der Waals surface area contributed by atoms with Gasteiger partial charge in [-0.25, -0.2) is 4.63 Å². The number of hydrogen-bond acceptors (Lipinski definition) is 7. The van der Waals surface area contributed by atoms with Crippen molar-refractivity contribution >= 4 is 63.2 Å². The smallest absolute Gasteiger partial charge is 0.294 e. The van der Waals surface area contributed by atoms with Crippen molar-refractivity contribution in [2.45, 2.75) is 0 Å². The van der Waals surface area contributed by atoms with E-state index >= 15 is 0 Å². The van der Waals surface area contributed by atoms with Crippen LogP contribution in [-0.2, 0) is 9.59 Å². The molecular formula is C18H11ClN4O4S. The first-order valence-corrected chi connectivity index (χ1v) is 9.23. The van der Waals surface area contributed by atoms with E-state index in [0.29, 0.717) is 27.3 Å². The molecule has 0 spiro atoms. The number of carbonyl (C=O) groups is 3. The first kappa shape index (κ1) is 18.2. The third-order valence-electron chi connectivity index (χ3n) is 3.93. The lowest BCUT2D eigenvalue weighted by Crippen LogP contribution is -2.36. The van der Waals surface area contributed by atoms with Crippen LogP contribution in [0.2, 0.25) is 5.02 Å². The van der Waals surface area contributed by atoms with Crippen LogP contribution in [0.1, 0.15) is 5.56 Å². The molecule has 4 rings (SSSR count). The highest BCUT2D eigenvalue weighted by molar-refractivity contribution is 8.18. The Bertz CT molecular complexity index is 1140. The number of imide groups is 1. The Hall–Kier alpha value is -3.17. The predicted molar refractivity (Wildman–Crippen MR) is 105 cm³/mol. The molecule has 1 fully saturated rings. The number of carbonyl (C=O) groups excluding carboxylic acids is 3. The highest BCUT2D eigenvalue weighted by atomic mass is 35.5. The average molecular weight is 415 g/mol. The third kappa shape index (κ3) is 3.49. The van der Waals surface area contributed by atoms with Crippen molar-refractivity contribution in [3.05, 3.63) is 58.0 Å². The van der Waals surface area contributed by atoms with Crippen LogP contribution < -0.4 is 5.32 Å². The van der Waals surface area contributed by atoms with Gasteiger partial charge in [-0.2, -0.15) is 0 Å². The second-order valence-corrected chi connectivity index (χ2v) is 7.18. The number of benzene rings is 2. The minimum absolute atomic E-state index is 0.203. The van der Waals surface area contributed by atoms with Crippen LogP contribution in [0.15, 0.2) is 52.0 Å². The molecule has 8 nitrogen and oxygen atoms in total. The molecule has 3 amide bonds. The number of fused-ring (bicyclic) bond motifs is 1. The fourth-order valence-corrected chi connectivity index (χ4v) is 3.63. The average Bonchev–Trinajstić information content (AvgIpc) is 3.25. The van der Waals surface area contributed by atoms with Crippen molar-refractivity contribution in [3.63, 3.8) is 0 Å². The van der Waals surface area contributed by atoms with Crippen molar-refractivity contribution in [1.82, 2.24) is 15.2 Å². The van der Waals surface area contributed by atoms with E-state index < -0.39 is 23.6 Å². The van der Waals surface area contributed by atoms with Gasteiger partial charge in [-0.05, 0) is 51.9 Å². The van der Waals surface area contributed by atoms with Gasteiger partial charge in [-0.1, -0.05) is 35.9 Å². The van der Waals surface area contributed by atoms with Gasteiger partial charge in [-0.15, -0.1) is 0 Å². The molecule has 1 aromatic heterocycles. The van der Waals surface area contributed by atoms with E-state index in [2.05, 4.69) is 20.3 Å². The molecule has 1 aliphatic rings. The van der Waals surface area contributed by atoms with Gasteiger partial charge in [0.2, 0.25) is 5.91 Å². The summed E-state index contributed by atoms with van der Waals surface area (Å²) in [6.07, 6.45) is 1.53. The molecule has 3 aromatic rings. The van der Waals surface area contributed by atoms with Gasteiger partial charge in [0.05, 0.1) is 10.6 Å². The molecule has 0 saturated carbocycles. The maximum absolute atomic E-state index is 12.5. The van der Waals surface area contributed by atoms with Crippen molar-refractivity contribution in [1.29, 1.82) is 0 Å². The van der Waals surface area contributed by atoms with Gasteiger partial charge in [0.25, 0.3) is 11.1 Å². The molecule has 0 bridgehead atoms. The SMILES string of the molecule is O=C(CN1C(=O)SC(=Cc2ccccc2Cl)C1=O)Nc1cccc2nonc12. The van der Waals surface area contributed by atoms with Crippen LogP contribution in [0.5, 0.6) is 0 Å². The summed E-state index contributed by atoms with van der Waals surface area (Å²) in [7, 11) is 0. The first-order valence-electron chi connectivity index (χ1n) is 8.04. The molecule has 0 aliphatic carbocycles. The Morgan fingerprint density at radius 2 is 2.00 bits per heavy atom. The highest BCUT2D eigenvalue weighted by Gasteiger charge is 2.36. The van der Waals surface area contributed by atoms with Crippen LogP contribution >= 0.6 is 23.4 Å². The predicted octanol–water partition coefficient (Wildman–Crippen LogP) is 3.55. The van der Waals surface area contributed by atoms with Crippen LogP contribution in [-0.4, -0.2) is 38.8 Å². The lowest BCUT2D eigenvalue weighted by molar-refractivity contribution is -0.127. The number of thioether (sulfide) groups is 1. The van der Waals surface area contributed by atoms with E-state index in [4.69, 9.17) is 11.6 Å². The summed E-state index contributed by atoms with van der Waals surface area (Å²) in [6.45, 7) is -0.424. The Kier molecular flexibility index (Phi) is 4.84. The van der Waals surface area contributed by atoms with Gasteiger partial charge >= 0.3 is 0 Å². The summed E-state index contributed by atoms with van der Waals surface area (Å²) in [4.78, 5) is 38.2. The number of hydrogen-bond donors (Lipinski definition) is 1. The Balaban J connectivity index is 1.49. The Morgan fingerprint density at radius 1 is 1.18 bits per heavy atom. The number of halogens is 1. The Labute approximate surface area is 167 Å². The highest BCUT2D eigenvalue weighted by Crippen LogP contribution is 2.33. The van der Waals surface area contributed by atoms with E-state index in [9.17, 15) is 14.4 Å². The molecule has 28 heavy (non-hydrogen) atoms. The zero-order valence-electron chi connectivity index (χ0n) is 14.1. The normalized spacial score (nSPS) is 15.6. The maximum Gasteiger partial charge on any atom is 0.294 e. The maximum atomic E-state index is 12.5. The molecular weight excluding hydrogens is 404 g/mol. The number of nitrogens with zero attached hydrogens (tertiary/aromatic N) is 3. The van der Waals surface area contributed by atoms with Crippen molar-refractivity contribution in [2.75, 3.05) is 11.9 Å². The van der Waals surface area contributed by atoms with E-state index in [-0.39, 0.29) is 4.91 Å². The number of aromatic nitrogens is 2. The summed E-state index contributed by atoms with van der Waals surface area (Å²) < 4.78 is 4.64. The molecule has 2 heterocycles. The molecule has 1 N–H and O–H groups in total. The van der Waals surface area contributed by atoms with Crippen LogP contribution in [0, 0.1) is 0 Å². The van der Waals surface area contributed by atoms with Crippen LogP contribution in [0.4, 0.5) is 10.5 Å². The second-order valence-electron chi connectivity index (χ2n) is 5.78. The van der Waals surface area contributed by atoms with Crippen molar-refractivity contribution in [3.8, 4) is 0 Å². The van der Waals surface area contributed by atoms with Gasteiger partial charge in [0.15, 0.2) is 5.52 Å². The lowest BCUT2D eigenvalue weighted by atomic mass is 10.2. The monoisotopic (exact) mass is 414 g/mol. The standard InChI is InChI=1S/C18H11ClN4O4S/c19-11-5-2-1-4-10(11)8-14-17(25)23(18(26)28-14)9-15(24)20-12-6-3-7-13-16(12)22-27-21-13/h1-8H,9H2,(H,20,24). The van der Waals surface area contributed by atoms with Crippen molar-refractivity contribution in [2.24, 2.45) is 0 Å². The number of amides is 3. The molecule has 0 radical (unpaired) electrons. The largest absolute Gasteiger partial charge is 0.322 e. The van der Waals surface area contributed by atoms with Gasteiger partial charge in [0, 0.05) is 5.02 Å². The lowest BCUT2D eigenvalue weighted by Gasteiger charge is -2.12. The fourth-order valence-electron chi connectivity index (χ4n) is 2.61. The first-order chi connectivity index (χ1) is 13.5. The van der Waals surface area contributed by atoms with Crippen LogP contribution in [0.25, 0.3) is 17.1 Å². The molecule has 140 valence electrons. The summed E-state index contributed by atoms with van der Waals surface area (Å²) in [5, 5.41) is 9.97. The minimum atomic E-state index is -0.550. The molecule has 0 unspecified atom stereocenters. The van der Waals surface area contributed by atoms with E-state index in [1.807, 2.05) is 0 Å². The summed E-state index contributed by atoms with van der Waals surface area (Å²) in [6, 6.07) is 11.9. The topological polar surface area (TPSA) is 105 Å². The second kappa shape index (κ2) is 7.45. The molecule has 0 atom stereocenters. The van der Waals surface area contributed by atoms with E-state index in [1.54, 1.807) is 42.5 Å². The van der Waals surface area contributed by atoms with E-state index in [0.717, 1.165) is 16.7 Å². The zero-order chi connectivity index (χ0) is 19.7. The molecule has 1 aliphatic heterocycles. The third-order valence-corrected chi connectivity index (χ3v) is 5.18. The summed E-state index contributed by atoms with van der Waals surface area (Å²) in [5.41, 5.74) is 1.85. The quantitative estimate of drug-likeness (QED) is 0.650. The molecule has 1 saturated heterocycles. The number of nitrogens with one attached hydrogen (secondary N) is 1. The Morgan fingerprint density at radius 3 is 2.82 bits per heavy atom. The zero-order valence-corrected chi connectivity index (χ0v) is 15.7. The van der Waals surface area contributed by atoms with E-state index in [1.165, 1.54) is 6.08 Å². The summed E-state index contributed by atoms with van der Waals surface area (Å²) >= 11 is 6.85. The van der Waals surface area contributed by atoms with Gasteiger partial charge in [0.1, 0.15) is 12.1 Å². The molecule has 2 aromatic carbocycles. The van der Waals surface area contributed by atoms with Gasteiger partial charge < -0.3 is 5.32 Å². The van der Waals surface area contributed by atoms with Crippen molar-refractivity contribution < 1.29 is 19.0 Å². The molecule has 10 heteroatoms. The number of anilines is 1. The summed E-state index contributed by atoms with van der Waals surface area (Å²) in [5.74, 6) is -1.09. The van der Waals surface area contributed by atoms with Crippen LogP contribution in [0.3, 0.4) is 0 Å². The minimum Gasteiger partial charge on any atom is -0.322 e. The fraction of sp³-hybridized carbons (Fsp3) is 0.0556.